The van der Waals surface area contributed by atoms with Gasteiger partial charge in [-0.25, -0.2) is 0 Å². The van der Waals surface area contributed by atoms with Crippen molar-refractivity contribution in [2.75, 3.05) is 31.6 Å². The van der Waals surface area contributed by atoms with E-state index < -0.39 is 5.91 Å². The van der Waals surface area contributed by atoms with E-state index in [4.69, 9.17) is 10.5 Å². The molecule has 3 N–H and O–H groups in total. The molecule has 0 aliphatic carbocycles. The minimum absolute atomic E-state index is 0.0138. The van der Waals surface area contributed by atoms with Crippen LogP contribution in [0.5, 0.6) is 0 Å². The number of nitrogens with two attached hydrogens (primary N) is 1. The van der Waals surface area contributed by atoms with Crippen LogP contribution in [0.3, 0.4) is 0 Å². The molecule has 0 saturated carbocycles. The van der Waals surface area contributed by atoms with Crippen LogP contribution < -0.4 is 11.1 Å². The quantitative estimate of drug-likeness (QED) is 0.825. The highest BCUT2D eigenvalue weighted by atomic mass is 79.9. The standard InChI is InChI=1S/C15H20BrN3O3/c1-2-11-9-19(5-6-22-11)14(20)8-18-13-4-3-10(16)7-12(13)15(17)21/h3-4,7,11,18H,2,5-6,8-9H2,1H3,(H2,17,21)/t11-/m1/s1. The first-order valence-corrected chi connectivity index (χ1v) is 8.03. The molecule has 2 amide bonds. The Morgan fingerprint density at radius 3 is 2.95 bits per heavy atom. The third kappa shape index (κ3) is 4.20. The Kier molecular flexibility index (Phi) is 5.79. The van der Waals surface area contributed by atoms with Gasteiger partial charge in [0.15, 0.2) is 0 Å². The summed E-state index contributed by atoms with van der Waals surface area (Å²) in [5.74, 6) is -0.547. The Morgan fingerprint density at radius 2 is 2.27 bits per heavy atom. The van der Waals surface area contributed by atoms with Gasteiger partial charge in [-0.05, 0) is 24.6 Å². The first-order valence-electron chi connectivity index (χ1n) is 7.24. The van der Waals surface area contributed by atoms with Crippen LogP contribution in [0.15, 0.2) is 22.7 Å². The minimum Gasteiger partial charge on any atom is -0.376 e. The van der Waals surface area contributed by atoms with Crippen LogP contribution in [0, 0.1) is 0 Å². The van der Waals surface area contributed by atoms with E-state index in [9.17, 15) is 9.59 Å². The lowest BCUT2D eigenvalue weighted by atomic mass is 10.1. The zero-order chi connectivity index (χ0) is 16.1. The second kappa shape index (κ2) is 7.60. The summed E-state index contributed by atoms with van der Waals surface area (Å²) in [5, 5.41) is 3.00. The number of primary amides is 1. The Balaban J connectivity index is 1.98. The maximum Gasteiger partial charge on any atom is 0.250 e. The average molecular weight is 370 g/mol. The van der Waals surface area contributed by atoms with E-state index in [1.54, 1.807) is 23.1 Å². The maximum atomic E-state index is 12.3. The molecule has 1 atom stereocenters. The second-order valence-corrected chi connectivity index (χ2v) is 6.06. The highest BCUT2D eigenvalue weighted by molar-refractivity contribution is 9.10. The highest BCUT2D eigenvalue weighted by Crippen LogP contribution is 2.20. The van der Waals surface area contributed by atoms with Crippen molar-refractivity contribution in [3.63, 3.8) is 0 Å². The molecule has 1 heterocycles. The molecule has 120 valence electrons. The summed E-state index contributed by atoms with van der Waals surface area (Å²) < 4.78 is 6.31. The molecule has 0 spiro atoms. The molecule has 1 fully saturated rings. The Morgan fingerprint density at radius 1 is 1.50 bits per heavy atom. The normalized spacial score (nSPS) is 18.1. The van der Waals surface area contributed by atoms with Gasteiger partial charge in [-0.1, -0.05) is 22.9 Å². The van der Waals surface area contributed by atoms with E-state index in [1.165, 1.54) is 0 Å². The summed E-state index contributed by atoms with van der Waals surface area (Å²) >= 11 is 3.30. The summed E-state index contributed by atoms with van der Waals surface area (Å²) in [6.07, 6.45) is 0.988. The first kappa shape index (κ1) is 16.8. The number of amides is 2. The molecular formula is C15H20BrN3O3. The number of carbonyl (C=O) groups is 2. The lowest BCUT2D eigenvalue weighted by molar-refractivity contribution is -0.136. The topological polar surface area (TPSA) is 84.7 Å². The van der Waals surface area contributed by atoms with Crippen molar-refractivity contribution in [2.45, 2.75) is 19.4 Å². The largest absolute Gasteiger partial charge is 0.376 e. The number of hydrogen-bond donors (Lipinski definition) is 2. The molecule has 1 saturated heterocycles. The smallest absolute Gasteiger partial charge is 0.250 e. The Bertz CT molecular complexity index is 565. The zero-order valence-corrected chi connectivity index (χ0v) is 14.1. The van der Waals surface area contributed by atoms with Gasteiger partial charge in [-0.3, -0.25) is 9.59 Å². The predicted octanol–water partition coefficient (Wildman–Crippen LogP) is 1.60. The van der Waals surface area contributed by atoms with Gasteiger partial charge in [0.25, 0.3) is 5.91 Å². The van der Waals surface area contributed by atoms with Gasteiger partial charge in [0, 0.05) is 23.2 Å². The number of carbonyl (C=O) groups excluding carboxylic acids is 2. The number of benzene rings is 1. The van der Waals surface area contributed by atoms with Crippen molar-refractivity contribution in [3.8, 4) is 0 Å². The van der Waals surface area contributed by atoms with Crippen LogP contribution in [0.2, 0.25) is 0 Å². The van der Waals surface area contributed by atoms with Crippen molar-refractivity contribution in [3.05, 3.63) is 28.2 Å². The molecule has 7 heteroatoms. The van der Waals surface area contributed by atoms with Crippen molar-refractivity contribution >= 4 is 33.4 Å². The number of hydrogen-bond acceptors (Lipinski definition) is 4. The van der Waals surface area contributed by atoms with E-state index in [0.29, 0.717) is 30.9 Å². The molecule has 1 aromatic carbocycles. The van der Waals surface area contributed by atoms with Crippen LogP contribution in [-0.4, -0.2) is 49.1 Å². The summed E-state index contributed by atoms with van der Waals surface area (Å²) in [4.78, 5) is 25.5. The van der Waals surface area contributed by atoms with E-state index in [-0.39, 0.29) is 18.6 Å². The Labute approximate surface area is 138 Å². The van der Waals surface area contributed by atoms with Crippen LogP contribution in [0.4, 0.5) is 5.69 Å². The average Bonchev–Trinajstić information content (AvgIpc) is 2.53. The number of rotatable bonds is 5. The lowest BCUT2D eigenvalue weighted by Crippen LogP contribution is -2.47. The van der Waals surface area contributed by atoms with Crippen molar-refractivity contribution < 1.29 is 14.3 Å². The first-order chi connectivity index (χ1) is 10.5. The molecule has 22 heavy (non-hydrogen) atoms. The van der Waals surface area contributed by atoms with Crippen LogP contribution in [0.25, 0.3) is 0 Å². The van der Waals surface area contributed by atoms with E-state index in [1.807, 2.05) is 6.92 Å². The molecule has 1 aliphatic heterocycles. The summed E-state index contributed by atoms with van der Waals surface area (Å²) in [5.41, 5.74) is 6.27. The monoisotopic (exact) mass is 369 g/mol. The molecule has 0 aromatic heterocycles. The summed E-state index contributed by atoms with van der Waals surface area (Å²) in [6, 6.07) is 5.16. The second-order valence-electron chi connectivity index (χ2n) is 5.15. The zero-order valence-electron chi connectivity index (χ0n) is 12.5. The highest BCUT2D eigenvalue weighted by Gasteiger charge is 2.23. The van der Waals surface area contributed by atoms with Crippen molar-refractivity contribution in [1.29, 1.82) is 0 Å². The van der Waals surface area contributed by atoms with Crippen molar-refractivity contribution in [2.24, 2.45) is 5.73 Å². The molecule has 0 bridgehead atoms. The molecule has 1 aromatic rings. The fourth-order valence-electron chi connectivity index (χ4n) is 2.35. The van der Waals surface area contributed by atoms with Gasteiger partial charge in [-0.15, -0.1) is 0 Å². The van der Waals surface area contributed by atoms with Crippen LogP contribution in [-0.2, 0) is 9.53 Å². The molecule has 0 unspecified atom stereocenters. The number of halogens is 1. The van der Waals surface area contributed by atoms with Crippen LogP contribution >= 0.6 is 15.9 Å². The van der Waals surface area contributed by atoms with Gasteiger partial charge < -0.3 is 20.7 Å². The summed E-state index contributed by atoms with van der Waals surface area (Å²) in [6.45, 7) is 3.94. The Hall–Kier alpha value is -1.60. The van der Waals surface area contributed by atoms with E-state index >= 15 is 0 Å². The fourth-order valence-corrected chi connectivity index (χ4v) is 2.71. The maximum absolute atomic E-state index is 12.3. The number of ether oxygens (including phenoxy) is 1. The lowest BCUT2D eigenvalue weighted by Gasteiger charge is -2.32. The molecule has 1 aliphatic rings. The molecule has 2 rings (SSSR count). The molecule has 0 radical (unpaired) electrons. The third-order valence-electron chi connectivity index (χ3n) is 3.62. The van der Waals surface area contributed by atoms with Gasteiger partial charge in [-0.2, -0.15) is 0 Å². The van der Waals surface area contributed by atoms with Gasteiger partial charge in [0.1, 0.15) is 0 Å². The van der Waals surface area contributed by atoms with Gasteiger partial charge >= 0.3 is 0 Å². The van der Waals surface area contributed by atoms with E-state index in [2.05, 4.69) is 21.2 Å². The SMILES string of the molecule is CC[C@@H]1CN(C(=O)CNc2ccc(Br)cc2C(N)=O)CCO1. The van der Waals surface area contributed by atoms with Gasteiger partial charge in [0.05, 0.1) is 24.8 Å². The third-order valence-corrected chi connectivity index (χ3v) is 4.12. The number of morpholine rings is 1. The molecule has 6 nitrogen and oxygen atoms in total. The number of nitrogens with one attached hydrogen (secondary N) is 1. The molecular weight excluding hydrogens is 350 g/mol. The fraction of sp³-hybridized carbons (Fsp3) is 0.467. The summed E-state index contributed by atoms with van der Waals surface area (Å²) in [7, 11) is 0. The van der Waals surface area contributed by atoms with Gasteiger partial charge in [0.2, 0.25) is 5.91 Å². The number of anilines is 1. The minimum atomic E-state index is -0.534. The predicted molar refractivity (Wildman–Crippen MR) is 87.8 cm³/mol. The van der Waals surface area contributed by atoms with Crippen molar-refractivity contribution in [1.82, 2.24) is 4.90 Å². The van der Waals surface area contributed by atoms with Crippen LogP contribution in [0.1, 0.15) is 23.7 Å². The van der Waals surface area contributed by atoms with E-state index in [0.717, 1.165) is 10.9 Å². The number of nitrogens with zero attached hydrogens (tertiary/aromatic N) is 1.